The van der Waals surface area contributed by atoms with Crippen LogP contribution in [0.1, 0.15) is 0 Å². The molecule has 0 aliphatic rings. The summed E-state index contributed by atoms with van der Waals surface area (Å²) in [6.45, 7) is 0. The number of carboxylic acid groups (broad SMARTS) is 1. The molecule has 1 N–H and O–H groups in total. The fourth-order valence-corrected chi connectivity index (χ4v) is 0.867. The summed E-state index contributed by atoms with van der Waals surface area (Å²) in [5, 5.41) is 1.84. The van der Waals surface area contributed by atoms with Gasteiger partial charge in [-0.1, -0.05) is 0 Å². The van der Waals surface area contributed by atoms with Crippen LogP contribution >= 0.6 is 0 Å². The Morgan fingerprint density at radius 2 is 1.50 bits per heavy atom. The Hall–Kier alpha value is 0.1000. The average molecular weight is 248 g/mol. The maximum Gasteiger partial charge on any atom is 1.00 e. The molecule has 0 bridgehead atoms. The van der Waals surface area contributed by atoms with Gasteiger partial charge in [0.25, 0.3) is 0 Å². The van der Waals surface area contributed by atoms with E-state index in [4.69, 9.17) is 5.11 Å². The minimum Gasteiger partial charge on any atom is -0.745 e. The fraction of sp³-hybridized carbons (Fsp3) is 0.667. The third kappa shape index (κ3) is 2.57. The Balaban J connectivity index is 0. The molecule has 1 atom stereocenters. The van der Waals surface area contributed by atoms with Gasteiger partial charge in [-0.3, -0.25) is 0 Å². The molecule has 0 aromatic heterocycles. The number of rotatable bonds is 2. The zero-order chi connectivity index (χ0) is 11.1. The van der Waals surface area contributed by atoms with E-state index in [0.29, 0.717) is 0 Å². The topological polar surface area (TPSA) is 94.5 Å². The molecule has 0 saturated heterocycles. The molecule has 0 aliphatic heterocycles. The predicted molar refractivity (Wildman–Crippen MR) is 27.2 cm³/mol. The molecule has 5 nitrogen and oxygen atoms in total. The molecule has 0 fully saturated rings. The van der Waals surface area contributed by atoms with Crippen molar-refractivity contribution in [3.8, 4) is 0 Å². The first kappa shape index (κ1) is 16.5. The Kier molecular flexibility index (Phi) is 5.09. The van der Waals surface area contributed by atoms with Gasteiger partial charge in [0, 0.05) is 0 Å². The van der Waals surface area contributed by atoms with E-state index in [1.54, 1.807) is 0 Å². The van der Waals surface area contributed by atoms with Crippen molar-refractivity contribution in [3.05, 3.63) is 0 Å². The second-order valence-corrected chi connectivity index (χ2v) is 3.32. The van der Waals surface area contributed by atoms with E-state index < -0.39 is 27.3 Å². The number of carboxylic acids is 1. The van der Waals surface area contributed by atoms with Crippen molar-refractivity contribution in [1.29, 1.82) is 0 Å². The number of halogens is 4. The molecule has 0 rings (SSSR count). The smallest absolute Gasteiger partial charge is 0.745 e. The van der Waals surface area contributed by atoms with Crippen LogP contribution in [0.5, 0.6) is 0 Å². The summed E-state index contributed by atoms with van der Waals surface area (Å²) in [6.07, 6.45) is -6.31. The van der Waals surface area contributed by atoms with Gasteiger partial charge in [-0.25, -0.2) is 17.6 Å². The average Bonchev–Trinajstić information content (AvgIpc) is 1.80. The van der Waals surface area contributed by atoms with E-state index in [-0.39, 0.29) is 29.6 Å². The van der Waals surface area contributed by atoms with Gasteiger partial charge in [0.15, 0.2) is 10.1 Å². The van der Waals surface area contributed by atoms with Gasteiger partial charge in [0.05, 0.1) is 0 Å². The second-order valence-electron chi connectivity index (χ2n) is 1.85. The van der Waals surface area contributed by atoms with Gasteiger partial charge in [-0.2, -0.15) is 13.2 Å². The molecule has 78 valence electrons. The third-order valence-electron chi connectivity index (χ3n) is 0.984. The summed E-state index contributed by atoms with van der Waals surface area (Å²) in [7, 11) is -6.66. The van der Waals surface area contributed by atoms with Gasteiger partial charge in [0.2, 0.25) is 0 Å². The summed E-state index contributed by atoms with van der Waals surface area (Å²) in [6, 6.07) is 0. The van der Waals surface area contributed by atoms with E-state index >= 15 is 0 Å². The molecular formula is C3HF4NaO5S. The Morgan fingerprint density at radius 3 is 1.50 bits per heavy atom. The SMILES string of the molecule is O=C(O)C(F)(C(F)(F)F)S(=O)(=O)[O-].[Na+]. The van der Waals surface area contributed by atoms with Gasteiger partial charge in [-0.15, -0.1) is 0 Å². The van der Waals surface area contributed by atoms with E-state index in [9.17, 15) is 35.3 Å². The molecular weight excluding hydrogens is 247 g/mol. The van der Waals surface area contributed by atoms with Crippen LogP contribution in [0.2, 0.25) is 0 Å². The molecule has 0 saturated carbocycles. The number of aliphatic carboxylic acids is 1. The predicted octanol–water partition coefficient (Wildman–Crippen LogP) is -3.15. The number of hydrogen-bond acceptors (Lipinski definition) is 4. The second kappa shape index (κ2) is 4.31. The Labute approximate surface area is 97.1 Å². The van der Waals surface area contributed by atoms with E-state index in [1.165, 1.54) is 0 Å². The number of alkyl halides is 4. The van der Waals surface area contributed by atoms with Crippen molar-refractivity contribution >= 4 is 16.1 Å². The maximum absolute atomic E-state index is 12.3. The summed E-state index contributed by atoms with van der Waals surface area (Å²) in [5.74, 6) is -3.41. The summed E-state index contributed by atoms with van der Waals surface area (Å²) < 4.78 is 76.0. The summed E-state index contributed by atoms with van der Waals surface area (Å²) in [5.41, 5.74) is 0. The van der Waals surface area contributed by atoms with Gasteiger partial charge in [0.1, 0.15) is 0 Å². The molecule has 11 heteroatoms. The van der Waals surface area contributed by atoms with Crippen molar-refractivity contribution in [2.24, 2.45) is 0 Å². The van der Waals surface area contributed by atoms with Crippen molar-refractivity contribution in [2.45, 2.75) is 11.2 Å². The molecule has 14 heavy (non-hydrogen) atoms. The van der Waals surface area contributed by atoms with Crippen LogP contribution in [-0.4, -0.2) is 35.2 Å². The first-order valence-electron chi connectivity index (χ1n) is 2.39. The minimum absolute atomic E-state index is 0. The Bertz CT molecular complexity index is 322. The van der Waals surface area contributed by atoms with Gasteiger partial charge < -0.3 is 9.66 Å². The van der Waals surface area contributed by atoms with Gasteiger partial charge >= 0.3 is 46.7 Å². The largest absolute Gasteiger partial charge is 1.00 e. The minimum atomic E-state index is -6.66. The van der Waals surface area contributed by atoms with Crippen LogP contribution in [0.3, 0.4) is 0 Å². The van der Waals surface area contributed by atoms with Crippen molar-refractivity contribution < 1.29 is 70.0 Å². The first-order valence-corrected chi connectivity index (χ1v) is 3.80. The Morgan fingerprint density at radius 1 is 1.21 bits per heavy atom. The fourth-order valence-electron chi connectivity index (χ4n) is 0.370. The normalized spacial score (nSPS) is 16.6. The number of hydrogen-bond donors (Lipinski definition) is 1. The van der Waals surface area contributed by atoms with Crippen molar-refractivity contribution in [1.82, 2.24) is 0 Å². The standard InChI is InChI=1S/C3H2F4O5S.Na/c4-2(1(8)9,3(5,6)7)13(10,11)12;/h(H,8,9)(H,10,11,12);/q;+1/p-1. The maximum atomic E-state index is 12.3. The zero-order valence-corrected chi connectivity index (χ0v) is 9.32. The van der Waals surface area contributed by atoms with Crippen LogP contribution in [-0.2, 0) is 14.9 Å². The monoisotopic (exact) mass is 248 g/mol. The van der Waals surface area contributed by atoms with Gasteiger partial charge in [-0.05, 0) is 0 Å². The molecule has 0 radical (unpaired) electrons. The quantitative estimate of drug-likeness (QED) is 0.316. The van der Waals surface area contributed by atoms with E-state index in [2.05, 4.69) is 0 Å². The summed E-state index contributed by atoms with van der Waals surface area (Å²) >= 11 is 0. The number of carbonyl (C=O) groups is 1. The van der Waals surface area contributed by atoms with Crippen molar-refractivity contribution in [2.75, 3.05) is 0 Å². The van der Waals surface area contributed by atoms with Crippen LogP contribution < -0.4 is 29.6 Å². The molecule has 0 aromatic rings. The summed E-state index contributed by atoms with van der Waals surface area (Å²) in [4.78, 5) is 9.64. The molecule has 0 amide bonds. The molecule has 0 heterocycles. The van der Waals surface area contributed by atoms with Crippen LogP contribution in [0, 0.1) is 0 Å². The molecule has 0 aromatic carbocycles. The van der Waals surface area contributed by atoms with Crippen LogP contribution in [0.4, 0.5) is 17.6 Å². The molecule has 0 spiro atoms. The van der Waals surface area contributed by atoms with Crippen molar-refractivity contribution in [3.63, 3.8) is 0 Å². The third-order valence-corrected chi connectivity index (χ3v) is 2.08. The zero-order valence-electron chi connectivity index (χ0n) is 6.50. The van der Waals surface area contributed by atoms with E-state index in [1.807, 2.05) is 0 Å². The molecule has 1 unspecified atom stereocenters. The first-order chi connectivity index (χ1) is 5.44. The van der Waals surface area contributed by atoms with Crippen LogP contribution in [0.25, 0.3) is 0 Å². The molecule has 0 aliphatic carbocycles. The van der Waals surface area contributed by atoms with Crippen LogP contribution in [0.15, 0.2) is 0 Å². The van der Waals surface area contributed by atoms with E-state index in [0.717, 1.165) is 0 Å².